The fraction of sp³-hybridized carbons (Fsp3) is 0.529. The van der Waals surface area contributed by atoms with Crippen molar-refractivity contribution in [3.8, 4) is 0 Å². The molecular formula is C17H24O. The van der Waals surface area contributed by atoms with Crippen molar-refractivity contribution in [1.82, 2.24) is 0 Å². The summed E-state index contributed by atoms with van der Waals surface area (Å²) in [4.78, 5) is 0. The summed E-state index contributed by atoms with van der Waals surface area (Å²) in [6.07, 6.45) is 6.65. The molecule has 0 heterocycles. The Morgan fingerprint density at radius 2 is 2.00 bits per heavy atom. The standard InChI is InChI=1S/C17H24O/c1-3-10-17(18)11-6-9-15-7-4-5-8-16(15)12-14(2)13-17/h4-5,7-8,18H,2-3,6,9-13H2,1H3. The summed E-state index contributed by atoms with van der Waals surface area (Å²) in [5.41, 5.74) is 3.47. The third kappa shape index (κ3) is 3.23. The normalized spacial score (nSPS) is 24.9. The number of hydrogen-bond donors (Lipinski definition) is 1. The molecule has 0 amide bonds. The van der Waals surface area contributed by atoms with E-state index in [0.29, 0.717) is 0 Å². The largest absolute Gasteiger partial charge is 0.390 e. The molecular weight excluding hydrogens is 220 g/mol. The van der Waals surface area contributed by atoms with Gasteiger partial charge in [-0.2, -0.15) is 0 Å². The molecule has 0 saturated carbocycles. The van der Waals surface area contributed by atoms with E-state index in [2.05, 4.69) is 37.8 Å². The van der Waals surface area contributed by atoms with Crippen LogP contribution < -0.4 is 0 Å². The van der Waals surface area contributed by atoms with Gasteiger partial charge in [-0.15, -0.1) is 0 Å². The van der Waals surface area contributed by atoms with Gasteiger partial charge in [-0.25, -0.2) is 0 Å². The third-order valence-corrected chi connectivity index (χ3v) is 3.94. The van der Waals surface area contributed by atoms with Crippen LogP contribution in [-0.2, 0) is 12.8 Å². The van der Waals surface area contributed by atoms with E-state index in [4.69, 9.17) is 0 Å². The van der Waals surface area contributed by atoms with Crippen LogP contribution in [0, 0.1) is 0 Å². The van der Waals surface area contributed by atoms with Crippen molar-refractivity contribution in [3.63, 3.8) is 0 Å². The van der Waals surface area contributed by atoms with E-state index in [1.165, 1.54) is 16.7 Å². The smallest absolute Gasteiger partial charge is 0.0684 e. The lowest BCUT2D eigenvalue weighted by Gasteiger charge is -2.28. The van der Waals surface area contributed by atoms with Crippen LogP contribution in [0.3, 0.4) is 0 Å². The first-order valence-electron chi connectivity index (χ1n) is 7.09. The molecule has 98 valence electrons. The van der Waals surface area contributed by atoms with Gasteiger partial charge in [-0.3, -0.25) is 0 Å². The van der Waals surface area contributed by atoms with E-state index in [0.717, 1.165) is 44.9 Å². The highest BCUT2D eigenvalue weighted by Gasteiger charge is 2.27. The zero-order valence-corrected chi connectivity index (χ0v) is 11.4. The molecule has 1 heteroatoms. The molecule has 1 aromatic rings. The fourth-order valence-electron chi connectivity index (χ4n) is 3.15. The van der Waals surface area contributed by atoms with Crippen LogP contribution in [0.4, 0.5) is 0 Å². The van der Waals surface area contributed by atoms with E-state index in [-0.39, 0.29) is 0 Å². The molecule has 1 aliphatic carbocycles. The lowest BCUT2D eigenvalue weighted by Crippen LogP contribution is -2.29. The van der Waals surface area contributed by atoms with Gasteiger partial charge in [0.1, 0.15) is 0 Å². The predicted molar refractivity (Wildman–Crippen MR) is 76.7 cm³/mol. The molecule has 0 aromatic heterocycles. The number of fused-ring (bicyclic) bond motifs is 1. The fourth-order valence-corrected chi connectivity index (χ4v) is 3.15. The van der Waals surface area contributed by atoms with Crippen LogP contribution in [0.5, 0.6) is 0 Å². The zero-order valence-electron chi connectivity index (χ0n) is 11.4. The molecule has 1 unspecified atom stereocenters. The van der Waals surface area contributed by atoms with Crippen molar-refractivity contribution in [1.29, 1.82) is 0 Å². The van der Waals surface area contributed by atoms with Crippen molar-refractivity contribution in [3.05, 3.63) is 47.5 Å². The Labute approximate surface area is 111 Å². The number of hydrogen-bond acceptors (Lipinski definition) is 1. The molecule has 18 heavy (non-hydrogen) atoms. The first kappa shape index (κ1) is 13.4. The minimum absolute atomic E-state index is 0.520. The summed E-state index contributed by atoms with van der Waals surface area (Å²) in [6.45, 7) is 6.32. The molecule has 1 aliphatic rings. The van der Waals surface area contributed by atoms with E-state index in [1.54, 1.807) is 0 Å². The predicted octanol–water partition coefficient (Wildman–Crippen LogP) is 4.04. The monoisotopic (exact) mass is 244 g/mol. The lowest BCUT2D eigenvalue weighted by molar-refractivity contribution is 0.0206. The van der Waals surface area contributed by atoms with Crippen LogP contribution in [0.2, 0.25) is 0 Å². The molecule has 0 saturated heterocycles. The summed E-state index contributed by atoms with van der Waals surface area (Å²) < 4.78 is 0. The molecule has 1 aromatic carbocycles. The van der Waals surface area contributed by atoms with E-state index in [1.807, 2.05) is 0 Å². The minimum Gasteiger partial charge on any atom is -0.390 e. The average molecular weight is 244 g/mol. The van der Waals surface area contributed by atoms with Crippen molar-refractivity contribution in [2.45, 2.75) is 57.5 Å². The van der Waals surface area contributed by atoms with Crippen LogP contribution in [-0.4, -0.2) is 10.7 Å². The highest BCUT2D eigenvalue weighted by Crippen LogP contribution is 2.31. The molecule has 0 spiro atoms. The van der Waals surface area contributed by atoms with Crippen molar-refractivity contribution in [2.24, 2.45) is 0 Å². The zero-order chi connectivity index (χ0) is 13.0. The number of aryl methyl sites for hydroxylation is 1. The molecule has 0 radical (unpaired) electrons. The van der Waals surface area contributed by atoms with Crippen LogP contribution >= 0.6 is 0 Å². The molecule has 1 nitrogen and oxygen atoms in total. The average Bonchev–Trinajstić information content (AvgIpc) is 2.36. The Morgan fingerprint density at radius 3 is 2.72 bits per heavy atom. The Balaban J connectivity index is 2.19. The number of benzene rings is 1. The maximum Gasteiger partial charge on any atom is 0.0684 e. The van der Waals surface area contributed by atoms with Crippen molar-refractivity contribution in [2.75, 3.05) is 0 Å². The Morgan fingerprint density at radius 1 is 1.28 bits per heavy atom. The quantitative estimate of drug-likeness (QED) is 0.778. The number of aliphatic hydroxyl groups is 1. The second kappa shape index (κ2) is 5.71. The van der Waals surface area contributed by atoms with Gasteiger partial charge in [0.2, 0.25) is 0 Å². The first-order valence-corrected chi connectivity index (χ1v) is 7.09. The van der Waals surface area contributed by atoms with E-state index in [9.17, 15) is 5.11 Å². The van der Waals surface area contributed by atoms with Gasteiger partial charge in [0.25, 0.3) is 0 Å². The Bertz CT molecular complexity index is 421. The number of rotatable bonds is 2. The molecule has 0 aliphatic heterocycles. The highest BCUT2D eigenvalue weighted by molar-refractivity contribution is 5.31. The summed E-state index contributed by atoms with van der Waals surface area (Å²) in [6, 6.07) is 8.62. The van der Waals surface area contributed by atoms with Crippen LogP contribution in [0.1, 0.15) is 50.2 Å². The topological polar surface area (TPSA) is 20.2 Å². The Hall–Kier alpha value is -1.08. The van der Waals surface area contributed by atoms with Gasteiger partial charge in [0, 0.05) is 0 Å². The maximum atomic E-state index is 10.7. The second-order valence-electron chi connectivity index (χ2n) is 5.70. The molecule has 2 rings (SSSR count). The first-order chi connectivity index (χ1) is 8.63. The summed E-state index contributed by atoms with van der Waals surface area (Å²) in [5.74, 6) is 0. The lowest BCUT2D eigenvalue weighted by atomic mass is 9.85. The maximum absolute atomic E-state index is 10.7. The van der Waals surface area contributed by atoms with Gasteiger partial charge in [0.05, 0.1) is 5.60 Å². The molecule has 1 atom stereocenters. The van der Waals surface area contributed by atoms with Crippen molar-refractivity contribution < 1.29 is 5.11 Å². The van der Waals surface area contributed by atoms with Gasteiger partial charge < -0.3 is 5.11 Å². The SMILES string of the molecule is C=C1Cc2ccccc2CCCC(O)(CCC)C1. The Kier molecular flexibility index (Phi) is 4.23. The van der Waals surface area contributed by atoms with Gasteiger partial charge in [0.15, 0.2) is 0 Å². The van der Waals surface area contributed by atoms with Crippen molar-refractivity contribution >= 4 is 0 Å². The summed E-state index contributed by atoms with van der Waals surface area (Å²) in [7, 11) is 0. The van der Waals surface area contributed by atoms with Crippen LogP contribution in [0.25, 0.3) is 0 Å². The van der Waals surface area contributed by atoms with Gasteiger partial charge in [-0.05, 0) is 49.7 Å². The van der Waals surface area contributed by atoms with Gasteiger partial charge in [-0.1, -0.05) is 49.8 Å². The van der Waals surface area contributed by atoms with E-state index < -0.39 is 5.60 Å². The van der Waals surface area contributed by atoms with Crippen LogP contribution in [0.15, 0.2) is 36.4 Å². The third-order valence-electron chi connectivity index (χ3n) is 3.94. The highest BCUT2D eigenvalue weighted by atomic mass is 16.3. The van der Waals surface area contributed by atoms with E-state index >= 15 is 0 Å². The van der Waals surface area contributed by atoms with Gasteiger partial charge >= 0.3 is 0 Å². The second-order valence-corrected chi connectivity index (χ2v) is 5.70. The summed E-state index contributed by atoms with van der Waals surface area (Å²) >= 11 is 0. The molecule has 0 bridgehead atoms. The molecule has 1 N–H and O–H groups in total. The molecule has 0 fully saturated rings. The minimum atomic E-state index is -0.520. The summed E-state index contributed by atoms with van der Waals surface area (Å²) in [5, 5.41) is 10.7.